The second kappa shape index (κ2) is 7.59. The molecular formula is C17H32N2O2. The summed E-state index contributed by atoms with van der Waals surface area (Å²) in [5.74, 6) is 0.182. The van der Waals surface area contributed by atoms with Crippen LogP contribution < -0.4 is 5.32 Å². The fourth-order valence-electron chi connectivity index (χ4n) is 3.44. The Balaban J connectivity index is 1.79. The van der Waals surface area contributed by atoms with Gasteiger partial charge in [0.2, 0.25) is 0 Å². The summed E-state index contributed by atoms with van der Waals surface area (Å²) in [6.45, 7) is 7.76. The van der Waals surface area contributed by atoms with Gasteiger partial charge < -0.3 is 10.0 Å². The van der Waals surface area contributed by atoms with Crippen LogP contribution in [0.2, 0.25) is 0 Å². The first-order chi connectivity index (χ1) is 10.1. The molecule has 2 atom stereocenters. The molecule has 2 aliphatic rings. The van der Waals surface area contributed by atoms with Crippen LogP contribution in [0.5, 0.6) is 0 Å². The van der Waals surface area contributed by atoms with Gasteiger partial charge in [-0.3, -0.25) is 10.1 Å². The summed E-state index contributed by atoms with van der Waals surface area (Å²) in [6, 6.07) is 0.445. The van der Waals surface area contributed by atoms with E-state index in [0.717, 1.165) is 38.1 Å². The summed E-state index contributed by atoms with van der Waals surface area (Å²) in [5, 5.41) is 13.0. The standard InChI is InChI=1S/C17H32N2O2/c1-3-17(16(20)21,18-15-7-8-15)10-5-12-19-11-4-6-14(2)9-13-19/h14-15,18H,3-13H2,1-2H3,(H,20,21). The molecule has 4 heteroatoms. The van der Waals surface area contributed by atoms with Crippen LogP contribution in [0, 0.1) is 5.92 Å². The maximum absolute atomic E-state index is 11.7. The van der Waals surface area contributed by atoms with E-state index in [1.165, 1.54) is 32.4 Å². The van der Waals surface area contributed by atoms with Gasteiger partial charge in [-0.2, -0.15) is 0 Å². The summed E-state index contributed by atoms with van der Waals surface area (Å²) in [6.07, 6.45) is 8.61. The van der Waals surface area contributed by atoms with Crippen LogP contribution in [0.3, 0.4) is 0 Å². The third-order valence-electron chi connectivity index (χ3n) is 5.26. The van der Waals surface area contributed by atoms with Gasteiger partial charge in [-0.05, 0) is 76.9 Å². The molecule has 0 spiro atoms. The van der Waals surface area contributed by atoms with E-state index in [9.17, 15) is 9.90 Å². The van der Waals surface area contributed by atoms with E-state index in [1.807, 2.05) is 6.92 Å². The number of likely N-dealkylation sites (tertiary alicyclic amines) is 1. The number of carboxylic acids is 1. The average molecular weight is 296 g/mol. The van der Waals surface area contributed by atoms with Gasteiger partial charge in [0, 0.05) is 6.04 Å². The van der Waals surface area contributed by atoms with Gasteiger partial charge in [-0.25, -0.2) is 0 Å². The predicted octanol–water partition coefficient (Wildman–Crippen LogP) is 2.87. The van der Waals surface area contributed by atoms with Crippen LogP contribution in [0.4, 0.5) is 0 Å². The van der Waals surface area contributed by atoms with Crippen molar-refractivity contribution in [2.75, 3.05) is 19.6 Å². The van der Waals surface area contributed by atoms with E-state index in [4.69, 9.17) is 0 Å². The van der Waals surface area contributed by atoms with Crippen molar-refractivity contribution in [1.29, 1.82) is 0 Å². The molecule has 1 saturated carbocycles. The lowest BCUT2D eigenvalue weighted by Crippen LogP contribution is -2.53. The number of hydrogen-bond acceptors (Lipinski definition) is 3. The molecule has 0 bridgehead atoms. The Kier molecular flexibility index (Phi) is 6.06. The third-order valence-corrected chi connectivity index (χ3v) is 5.26. The van der Waals surface area contributed by atoms with Gasteiger partial charge in [0.05, 0.1) is 0 Å². The molecule has 2 unspecified atom stereocenters. The van der Waals surface area contributed by atoms with Gasteiger partial charge in [0.15, 0.2) is 0 Å². The molecule has 1 heterocycles. The van der Waals surface area contributed by atoms with Crippen LogP contribution >= 0.6 is 0 Å². The van der Waals surface area contributed by atoms with E-state index in [-0.39, 0.29) is 0 Å². The molecule has 0 aromatic carbocycles. The summed E-state index contributed by atoms with van der Waals surface area (Å²) in [4.78, 5) is 14.3. The zero-order valence-electron chi connectivity index (χ0n) is 13.7. The van der Waals surface area contributed by atoms with Gasteiger partial charge >= 0.3 is 5.97 Å². The predicted molar refractivity (Wildman–Crippen MR) is 85.5 cm³/mol. The minimum Gasteiger partial charge on any atom is -0.480 e. The topological polar surface area (TPSA) is 52.6 Å². The van der Waals surface area contributed by atoms with Crippen LogP contribution in [0.25, 0.3) is 0 Å². The molecule has 4 nitrogen and oxygen atoms in total. The number of hydrogen-bond donors (Lipinski definition) is 2. The zero-order chi connectivity index (χ0) is 15.3. The zero-order valence-corrected chi connectivity index (χ0v) is 13.7. The highest BCUT2D eigenvalue weighted by Crippen LogP contribution is 2.27. The first kappa shape index (κ1) is 16.8. The maximum Gasteiger partial charge on any atom is 0.323 e. The van der Waals surface area contributed by atoms with Crippen molar-refractivity contribution in [3.05, 3.63) is 0 Å². The molecule has 0 amide bonds. The molecule has 1 saturated heterocycles. The molecule has 21 heavy (non-hydrogen) atoms. The minimum absolute atomic E-state index is 0.445. The molecule has 0 aromatic rings. The van der Waals surface area contributed by atoms with Gasteiger partial charge in [0.1, 0.15) is 5.54 Å². The Morgan fingerprint density at radius 1 is 1.29 bits per heavy atom. The fourth-order valence-corrected chi connectivity index (χ4v) is 3.44. The van der Waals surface area contributed by atoms with Crippen molar-refractivity contribution in [1.82, 2.24) is 10.2 Å². The normalized spacial score (nSPS) is 27.0. The Morgan fingerprint density at radius 2 is 2.05 bits per heavy atom. The lowest BCUT2D eigenvalue weighted by molar-refractivity contribution is -0.145. The number of rotatable bonds is 8. The average Bonchev–Trinajstić information content (AvgIpc) is 3.27. The summed E-state index contributed by atoms with van der Waals surface area (Å²) >= 11 is 0. The number of nitrogens with one attached hydrogen (secondary N) is 1. The summed E-state index contributed by atoms with van der Waals surface area (Å²) in [7, 11) is 0. The highest BCUT2D eigenvalue weighted by Gasteiger charge is 2.40. The summed E-state index contributed by atoms with van der Waals surface area (Å²) in [5.41, 5.74) is -0.694. The van der Waals surface area contributed by atoms with E-state index < -0.39 is 11.5 Å². The van der Waals surface area contributed by atoms with E-state index in [1.54, 1.807) is 0 Å². The molecule has 0 radical (unpaired) electrons. The Hall–Kier alpha value is -0.610. The van der Waals surface area contributed by atoms with Gasteiger partial charge in [0.25, 0.3) is 0 Å². The Bertz CT molecular complexity index is 344. The Morgan fingerprint density at radius 3 is 2.67 bits per heavy atom. The first-order valence-corrected chi connectivity index (χ1v) is 8.79. The maximum atomic E-state index is 11.7. The highest BCUT2D eigenvalue weighted by atomic mass is 16.4. The molecular weight excluding hydrogens is 264 g/mol. The third kappa shape index (κ3) is 4.96. The van der Waals surface area contributed by atoms with E-state index >= 15 is 0 Å². The van der Waals surface area contributed by atoms with Crippen molar-refractivity contribution in [2.45, 2.75) is 76.8 Å². The molecule has 1 aliphatic heterocycles. The minimum atomic E-state index is -0.694. The lowest BCUT2D eigenvalue weighted by Gasteiger charge is -2.31. The first-order valence-electron chi connectivity index (χ1n) is 8.79. The number of carboxylic acid groups (broad SMARTS) is 1. The smallest absolute Gasteiger partial charge is 0.323 e. The number of nitrogens with zero attached hydrogens (tertiary/aromatic N) is 1. The molecule has 1 aliphatic carbocycles. The molecule has 2 rings (SSSR count). The van der Waals surface area contributed by atoms with Crippen molar-refractivity contribution < 1.29 is 9.90 Å². The number of carbonyl (C=O) groups is 1. The van der Waals surface area contributed by atoms with Crippen molar-refractivity contribution in [3.8, 4) is 0 Å². The molecule has 122 valence electrons. The van der Waals surface area contributed by atoms with E-state index in [0.29, 0.717) is 12.5 Å². The van der Waals surface area contributed by atoms with Crippen LogP contribution in [0.15, 0.2) is 0 Å². The SMILES string of the molecule is CCC(CCCN1CCCC(C)CC1)(NC1CC1)C(=O)O. The number of aliphatic carboxylic acids is 1. The molecule has 0 aromatic heterocycles. The van der Waals surface area contributed by atoms with Crippen molar-refractivity contribution >= 4 is 5.97 Å². The largest absolute Gasteiger partial charge is 0.480 e. The second-order valence-corrected chi connectivity index (χ2v) is 7.14. The molecule has 2 N–H and O–H groups in total. The second-order valence-electron chi connectivity index (χ2n) is 7.14. The monoisotopic (exact) mass is 296 g/mol. The quantitative estimate of drug-likeness (QED) is 0.723. The Labute approximate surface area is 129 Å². The fraction of sp³-hybridized carbons (Fsp3) is 0.941. The van der Waals surface area contributed by atoms with Crippen molar-refractivity contribution in [3.63, 3.8) is 0 Å². The van der Waals surface area contributed by atoms with Crippen LogP contribution in [0.1, 0.15) is 65.2 Å². The van der Waals surface area contributed by atoms with E-state index in [2.05, 4.69) is 17.1 Å². The summed E-state index contributed by atoms with van der Waals surface area (Å²) < 4.78 is 0. The van der Waals surface area contributed by atoms with Crippen molar-refractivity contribution in [2.24, 2.45) is 5.92 Å². The van der Waals surface area contributed by atoms with Gasteiger partial charge in [-0.15, -0.1) is 0 Å². The molecule has 2 fully saturated rings. The highest BCUT2D eigenvalue weighted by molar-refractivity contribution is 5.78. The lowest BCUT2D eigenvalue weighted by atomic mass is 9.90. The van der Waals surface area contributed by atoms with Gasteiger partial charge in [-0.1, -0.05) is 13.8 Å². The van der Waals surface area contributed by atoms with Crippen LogP contribution in [-0.2, 0) is 4.79 Å². The van der Waals surface area contributed by atoms with Crippen LogP contribution in [-0.4, -0.2) is 47.2 Å².